The molecule has 1 saturated carbocycles. The van der Waals surface area contributed by atoms with Crippen molar-refractivity contribution >= 4 is 11.0 Å². The molecule has 2 aromatic heterocycles. The second-order valence-electron chi connectivity index (χ2n) is 7.99. The van der Waals surface area contributed by atoms with Crippen LogP contribution in [0.15, 0.2) is 53.5 Å². The van der Waals surface area contributed by atoms with Gasteiger partial charge in [-0.15, -0.1) is 0 Å². The van der Waals surface area contributed by atoms with E-state index in [2.05, 4.69) is 28.1 Å². The highest BCUT2D eigenvalue weighted by Gasteiger charge is 2.27. The van der Waals surface area contributed by atoms with Crippen LogP contribution in [-0.4, -0.2) is 27.5 Å². The van der Waals surface area contributed by atoms with Gasteiger partial charge in [-0.2, -0.15) is 0 Å². The van der Waals surface area contributed by atoms with Crippen LogP contribution in [-0.2, 0) is 19.5 Å². The molecule has 0 bridgehead atoms. The fraction of sp³-hybridized carbons (Fsp3) is 0.391. The predicted molar refractivity (Wildman–Crippen MR) is 108 cm³/mol. The zero-order valence-electron chi connectivity index (χ0n) is 15.6. The normalized spacial score (nSPS) is 17.6. The van der Waals surface area contributed by atoms with Gasteiger partial charge in [-0.05, 0) is 48.4 Å². The van der Waals surface area contributed by atoms with E-state index in [-0.39, 0.29) is 5.56 Å². The van der Waals surface area contributed by atoms with Crippen LogP contribution in [0.1, 0.15) is 36.0 Å². The quantitative estimate of drug-likeness (QED) is 0.714. The zero-order valence-corrected chi connectivity index (χ0v) is 15.6. The van der Waals surface area contributed by atoms with Crippen LogP contribution < -0.4 is 5.56 Å². The molecule has 1 aliphatic heterocycles. The summed E-state index contributed by atoms with van der Waals surface area (Å²) in [6, 6.07) is 14.3. The smallest absolute Gasteiger partial charge is 0.257 e. The molecule has 0 radical (unpaired) electrons. The van der Waals surface area contributed by atoms with Crippen molar-refractivity contribution in [3.63, 3.8) is 0 Å². The van der Waals surface area contributed by atoms with E-state index in [1.165, 1.54) is 24.8 Å². The largest absolute Gasteiger partial charge is 0.298 e. The van der Waals surface area contributed by atoms with Crippen molar-refractivity contribution < 1.29 is 0 Å². The highest BCUT2D eigenvalue weighted by atomic mass is 16.1. The van der Waals surface area contributed by atoms with E-state index in [0.717, 1.165) is 54.1 Å². The van der Waals surface area contributed by atoms with Gasteiger partial charge >= 0.3 is 0 Å². The van der Waals surface area contributed by atoms with Gasteiger partial charge in [0.1, 0.15) is 5.65 Å². The topological polar surface area (TPSA) is 38.1 Å². The van der Waals surface area contributed by atoms with Crippen LogP contribution in [0.25, 0.3) is 11.0 Å². The summed E-state index contributed by atoms with van der Waals surface area (Å²) in [4.78, 5) is 20.5. The Labute approximate surface area is 159 Å². The molecular weight excluding hydrogens is 334 g/mol. The summed E-state index contributed by atoms with van der Waals surface area (Å²) in [5, 5.41) is 1.14. The Morgan fingerprint density at radius 2 is 1.89 bits per heavy atom. The molecule has 1 aromatic carbocycles. The minimum atomic E-state index is 0.137. The highest BCUT2D eigenvalue weighted by molar-refractivity contribution is 5.80. The lowest BCUT2D eigenvalue weighted by molar-refractivity contribution is 0.165. The molecule has 0 atom stereocenters. The van der Waals surface area contributed by atoms with Crippen molar-refractivity contribution in [1.82, 2.24) is 14.5 Å². The van der Waals surface area contributed by atoms with Gasteiger partial charge in [0.25, 0.3) is 5.56 Å². The Balaban J connectivity index is 1.58. The second-order valence-corrected chi connectivity index (χ2v) is 7.99. The number of aromatic nitrogens is 2. The van der Waals surface area contributed by atoms with E-state index in [4.69, 9.17) is 0 Å². The van der Waals surface area contributed by atoms with Crippen LogP contribution >= 0.6 is 0 Å². The molecule has 3 aromatic rings. The minimum absolute atomic E-state index is 0.137. The SMILES string of the molecule is O=c1c2c(c3cccnc3n1Cc1ccccc1)CCN(CC1CCC1)C2. The summed E-state index contributed by atoms with van der Waals surface area (Å²) in [6.45, 7) is 3.55. The average Bonchev–Trinajstić information content (AvgIpc) is 2.69. The highest BCUT2D eigenvalue weighted by Crippen LogP contribution is 2.30. The molecule has 2 aliphatic rings. The van der Waals surface area contributed by atoms with E-state index in [1.54, 1.807) is 6.20 Å². The fourth-order valence-electron chi connectivity index (χ4n) is 4.53. The molecule has 0 N–H and O–H groups in total. The van der Waals surface area contributed by atoms with E-state index >= 15 is 0 Å². The number of hydrogen-bond acceptors (Lipinski definition) is 3. The van der Waals surface area contributed by atoms with Crippen molar-refractivity contribution in [2.45, 2.75) is 38.8 Å². The van der Waals surface area contributed by atoms with Gasteiger partial charge in [0.2, 0.25) is 0 Å². The molecule has 1 aliphatic carbocycles. The Bertz CT molecular complexity index is 1020. The first-order valence-electron chi connectivity index (χ1n) is 10.0. The van der Waals surface area contributed by atoms with Gasteiger partial charge in [0.15, 0.2) is 0 Å². The summed E-state index contributed by atoms with van der Waals surface area (Å²) >= 11 is 0. The maximum Gasteiger partial charge on any atom is 0.257 e. The molecule has 0 unspecified atom stereocenters. The van der Waals surface area contributed by atoms with E-state index in [1.807, 2.05) is 28.8 Å². The van der Waals surface area contributed by atoms with Crippen molar-refractivity contribution in [2.24, 2.45) is 5.92 Å². The summed E-state index contributed by atoms with van der Waals surface area (Å²) in [5.74, 6) is 0.834. The monoisotopic (exact) mass is 359 g/mol. The van der Waals surface area contributed by atoms with E-state index in [0.29, 0.717) is 6.54 Å². The summed E-state index contributed by atoms with van der Waals surface area (Å²) in [6.07, 6.45) is 6.81. The third kappa shape index (κ3) is 3.08. The van der Waals surface area contributed by atoms with Gasteiger partial charge in [-0.3, -0.25) is 14.3 Å². The molecule has 0 amide bonds. The molecule has 138 valence electrons. The first kappa shape index (κ1) is 16.7. The van der Waals surface area contributed by atoms with Crippen molar-refractivity contribution in [1.29, 1.82) is 0 Å². The Morgan fingerprint density at radius 1 is 1.04 bits per heavy atom. The predicted octanol–water partition coefficient (Wildman–Crippen LogP) is 3.60. The van der Waals surface area contributed by atoms with Gasteiger partial charge in [-0.1, -0.05) is 36.8 Å². The minimum Gasteiger partial charge on any atom is -0.298 e. The second kappa shape index (κ2) is 6.93. The Hall–Kier alpha value is -2.46. The number of hydrogen-bond donors (Lipinski definition) is 0. The van der Waals surface area contributed by atoms with Gasteiger partial charge in [0, 0.05) is 36.8 Å². The van der Waals surface area contributed by atoms with Crippen LogP contribution in [0.3, 0.4) is 0 Å². The lowest BCUT2D eigenvalue weighted by Crippen LogP contribution is -2.40. The number of nitrogens with zero attached hydrogens (tertiary/aromatic N) is 3. The maximum atomic E-state index is 13.4. The van der Waals surface area contributed by atoms with Crippen LogP contribution in [0.4, 0.5) is 0 Å². The number of fused-ring (bicyclic) bond motifs is 3. The molecule has 1 fully saturated rings. The van der Waals surface area contributed by atoms with Gasteiger partial charge in [0.05, 0.1) is 6.54 Å². The van der Waals surface area contributed by atoms with Crippen LogP contribution in [0, 0.1) is 5.92 Å². The summed E-state index contributed by atoms with van der Waals surface area (Å²) in [7, 11) is 0. The fourth-order valence-corrected chi connectivity index (χ4v) is 4.53. The lowest BCUT2D eigenvalue weighted by atomic mass is 9.84. The third-order valence-electron chi connectivity index (χ3n) is 6.22. The molecule has 5 rings (SSSR count). The van der Waals surface area contributed by atoms with Gasteiger partial charge < -0.3 is 0 Å². The standard InChI is InChI=1S/C23H25N3O/c27-23-21-16-25(14-17-8-4-9-17)13-11-19(21)20-10-5-12-24-22(20)26(23)15-18-6-2-1-3-7-18/h1-3,5-7,10,12,17H,4,8-9,11,13-16H2. The molecule has 0 spiro atoms. The van der Waals surface area contributed by atoms with Crippen molar-refractivity contribution in [3.05, 3.63) is 75.7 Å². The van der Waals surface area contributed by atoms with Crippen LogP contribution in [0.5, 0.6) is 0 Å². The third-order valence-corrected chi connectivity index (χ3v) is 6.22. The molecule has 3 heterocycles. The molecule has 4 heteroatoms. The Kier molecular flexibility index (Phi) is 4.29. The van der Waals surface area contributed by atoms with E-state index in [9.17, 15) is 4.79 Å². The molecular formula is C23H25N3O. The number of rotatable bonds is 4. The summed E-state index contributed by atoms with van der Waals surface area (Å²) in [5.41, 5.74) is 4.29. The number of pyridine rings is 2. The number of benzene rings is 1. The van der Waals surface area contributed by atoms with Crippen molar-refractivity contribution in [2.75, 3.05) is 13.1 Å². The lowest BCUT2D eigenvalue weighted by Gasteiger charge is -2.35. The first-order valence-corrected chi connectivity index (χ1v) is 10.0. The molecule has 4 nitrogen and oxygen atoms in total. The van der Waals surface area contributed by atoms with Gasteiger partial charge in [-0.25, -0.2) is 4.98 Å². The first-order chi connectivity index (χ1) is 13.3. The van der Waals surface area contributed by atoms with E-state index < -0.39 is 0 Å². The molecule has 27 heavy (non-hydrogen) atoms. The summed E-state index contributed by atoms with van der Waals surface area (Å²) < 4.78 is 1.87. The molecule has 0 saturated heterocycles. The zero-order chi connectivity index (χ0) is 18.2. The Morgan fingerprint density at radius 3 is 2.67 bits per heavy atom. The van der Waals surface area contributed by atoms with Crippen molar-refractivity contribution in [3.8, 4) is 0 Å². The van der Waals surface area contributed by atoms with Crippen LogP contribution in [0.2, 0.25) is 0 Å². The average molecular weight is 359 g/mol. The maximum absolute atomic E-state index is 13.4.